The van der Waals surface area contributed by atoms with Gasteiger partial charge in [0.05, 0.1) is 13.1 Å². The number of carbonyl (C=O) groups excluding carboxylic acids is 1. The Morgan fingerprint density at radius 2 is 1.94 bits per heavy atom. The van der Waals surface area contributed by atoms with E-state index in [0.29, 0.717) is 13.1 Å². The van der Waals surface area contributed by atoms with E-state index in [1.807, 2.05) is 20.8 Å². The summed E-state index contributed by atoms with van der Waals surface area (Å²) in [5.74, 6) is 0. The van der Waals surface area contributed by atoms with Crippen molar-refractivity contribution in [2.45, 2.75) is 39.5 Å². The Balaban J connectivity index is 2.18. The van der Waals surface area contributed by atoms with E-state index in [9.17, 15) is 9.59 Å². The zero-order valence-corrected chi connectivity index (χ0v) is 11.2. The molecule has 18 heavy (non-hydrogen) atoms. The number of pyridine rings is 1. The topological polar surface area (TPSA) is 51.5 Å². The van der Waals surface area contributed by atoms with Gasteiger partial charge in [-0.1, -0.05) is 0 Å². The lowest BCUT2D eigenvalue weighted by Crippen LogP contribution is -2.33. The first kappa shape index (κ1) is 12.7. The number of rotatable bonds is 0. The predicted molar refractivity (Wildman–Crippen MR) is 67.2 cm³/mol. The molecule has 0 unspecified atom stereocenters. The van der Waals surface area contributed by atoms with Crippen molar-refractivity contribution in [3.63, 3.8) is 0 Å². The van der Waals surface area contributed by atoms with Gasteiger partial charge in [-0.3, -0.25) is 9.69 Å². The molecule has 0 radical (unpaired) electrons. The second kappa shape index (κ2) is 4.15. The Hall–Kier alpha value is -1.78. The monoisotopic (exact) mass is 250 g/mol. The fraction of sp³-hybridized carbons (Fsp3) is 0.538. The quantitative estimate of drug-likeness (QED) is 0.703. The SMILES string of the molecule is Cn1c2c(ccc1=O)CN(C(=O)OC(C)(C)C)C2. The van der Waals surface area contributed by atoms with Crippen LogP contribution in [0.15, 0.2) is 16.9 Å². The molecule has 0 aromatic carbocycles. The first-order chi connectivity index (χ1) is 8.28. The minimum absolute atomic E-state index is 0.0558. The number of ether oxygens (including phenoxy) is 1. The van der Waals surface area contributed by atoms with Crippen molar-refractivity contribution in [3.8, 4) is 0 Å². The molecule has 0 fully saturated rings. The van der Waals surface area contributed by atoms with Crippen molar-refractivity contribution < 1.29 is 9.53 Å². The van der Waals surface area contributed by atoms with Crippen molar-refractivity contribution in [1.82, 2.24) is 9.47 Å². The van der Waals surface area contributed by atoms with Gasteiger partial charge in [0, 0.05) is 18.8 Å². The van der Waals surface area contributed by atoms with Crippen LogP contribution in [0.1, 0.15) is 32.0 Å². The van der Waals surface area contributed by atoms with Gasteiger partial charge < -0.3 is 9.30 Å². The third-order valence-electron chi connectivity index (χ3n) is 2.89. The van der Waals surface area contributed by atoms with Crippen LogP contribution >= 0.6 is 0 Å². The molecule has 0 N–H and O–H groups in total. The number of fused-ring (bicyclic) bond motifs is 1. The molecule has 1 aromatic heterocycles. The second-order valence-electron chi connectivity index (χ2n) is 5.54. The highest BCUT2D eigenvalue weighted by Gasteiger charge is 2.28. The Morgan fingerprint density at radius 1 is 1.28 bits per heavy atom. The lowest BCUT2D eigenvalue weighted by Gasteiger charge is -2.24. The molecule has 0 aliphatic carbocycles. The van der Waals surface area contributed by atoms with Crippen LogP contribution < -0.4 is 5.56 Å². The van der Waals surface area contributed by atoms with E-state index >= 15 is 0 Å². The van der Waals surface area contributed by atoms with Crippen LogP contribution in [0.2, 0.25) is 0 Å². The van der Waals surface area contributed by atoms with Crippen molar-refractivity contribution >= 4 is 6.09 Å². The molecule has 2 rings (SSSR count). The summed E-state index contributed by atoms with van der Waals surface area (Å²) in [4.78, 5) is 25.1. The number of aromatic nitrogens is 1. The first-order valence-corrected chi connectivity index (χ1v) is 5.93. The first-order valence-electron chi connectivity index (χ1n) is 5.93. The maximum absolute atomic E-state index is 11.9. The molecular formula is C13H18N2O3. The lowest BCUT2D eigenvalue weighted by atomic mass is 10.2. The van der Waals surface area contributed by atoms with Gasteiger partial charge >= 0.3 is 6.09 Å². The third kappa shape index (κ3) is 2.39. The molecule has 0 spiro atoms. The van der Waals surface area contributed by atoms with Gasteiger partial charge in [-0.2, -0.15) is 0 Å². The van der Waals surface area contributed by atoms with Gasteiger partial charge in [0.2, 0.25) is 0 Å². The molecule has 0 saturated carbocycles. The highest BCUT2D eigenvalue weighted by Crippen LogP contribution is 2.22. The minimum atomic E-state index is -0.502. The maximum Gasteiger partial charge on any atom is 0.410 e. The molecule has 1 amide bonds. The van der Waals surface area contributed by atoms with Gasteiger partial charge in [-0.05, 0) is 32.4 Å². The lowest BCUT2D eigenvalue weighted by molar-refractivity contribution is 0.0240. The highest BCUT2D eigenvalue weighted by molar-refractivity contribution is 5.69. The van der Waals surface area contributed by atoms with Crippen LogP contribution in [0, 0.1) is 0 Å². The zero-order valence-electron chi connectivity index (χ0n) is 11.2. The van der Waals surface area contributed by atoms with E-state index in [1.54, 1.807) is 22.6 Å². The van der Waals surface area contributed by atoms with Gasteiger partial charge in [-0.15, -0.1) is 0 Å². The number of carbonyl (C=O) groups is 1. The minimum Gasteiger partial charge on any atom is -0.444 e. The number of amides is 1. The smallest absolute Gasteiger partial charge is 0.410 e. The normalized spacial score (nSPS) is 14.6. The molecule has 1 aliphatic rings. The van der Waals surface area contributed by atoms with E-state index in [1.165, 1.54) is 6.07 Å². The number of nitrogens with zero attached hydrogens (tertiary/aromatic N) is 2. The van der Waals surface area contributed by atoms with E-state index in [4.69, 9.17) is 4.74 Å². The fourth-order valence-electron chi connectivity index (χ4n) is 1.98. The molecule has 2 heterocycles. The summed E-state index contributed by atoms with van der Waals surface area (Å²) < 4.78 is 6.91. The van der Waals surface area contributed by atoms with Crippen molar-refractivity contribution in [3.05, 3.63) is 33.7 Å². The summed E-state index contributed by atoms with van der Waals surface area (Å²) in [5.41, 5.74) is 1.33. The van der Waals surface area contributed by atoms with Gasteiger partial charge in [-0.25, -0.2) is 4.79 Å². The van der Waals surface area contributed by atoms with Crippen molar-refractivity contribution in [1.29, 1.82) is 0 Å². The number of hydrogen-bond donors (Lipinski definition) is 0. The van der Waals surface area contributed by atoms with Crippen LogP contribution in [0.4, 0.5) is 4.79 Å². The van der Waals surface area contributed by atoms with Crippen molar-refractivity contribution in [2.24, 2.45) is 7.05 Å². The standard InChI is InChI=1S/C13H18N2O3/c1-13(2,3)18-12(17)15-7-9-5-6-11(16)14(4)10(9)8-15/h5-6H,7-8H2,1-4H3. The van der Waals surface area contributed by atoms with E-state index < -0.39 is 5.60 Å². The summed E-state index contributed by atoms with van der Waals surface area (Å²) in [6, 6.07) is 3.31. The van der Waals surface area contributed by atoms with Crippen LogP contribution in [0.25, 0.3) is 0 Å². The van der Waals surface area contributed by atoms with Crippen LogP contribution in [0.3, 0.4) is 0 Å². The second-order valence-corrected chi connectivity index (χ2v) is 5.54. The predicted octanol–water partition coefficient (Wildman–Crippen LogP) is 1.64. The average Bonchev–Trinajstić information content (AvgIpc) is 2.66. The zero-order chi connectivity index (χ0) is 13.5. The Bertz CT molecular complexity index is 540. The molecule has 98 valence electrons. The highest BCUT2D eigenvalue weighted by atomic mass is 16.6. The van der Waals surface area contributed by atoms with Crippen LogP contribution in [0.5, 0.6) is 0 Å². The molecule has 0 atom stereocenters. The van der Waals surface area contributed by atoms with E-state index in [2.05, 4.69) is 0 Å². The Labute approximate surface area is 106 Å². The molecular weight excluding hydrogens is 232 g/mol. The number of hydrogen-bond acceptors (Lipinski definition) is 3. The van der Waals surface area contributed by atoms with Crippen molar-refractivity contribution in [2.75, 3.05) is 0 Å². The molecule has 5 nitrogen and oxygen atoms in total. The molecule has 5 heteroatoms. The summed E-state index contributed by atoms with van der Waals surface area (Å²) in [6.07, 6.45) is -0.342. The average molecular weight is 250 g/mol. The Kier molecular flexibility index (Phi) is 2.92. The molecule has 1 aliphatic heterocycles. The molecule has 0 bridgehead atoms. The summed E-state index contributed by atoms with van der Waals surface area (Å²) in [6.45, 7) is 6.44. The Morgan fingerprint density at radius 3 is 2.56 bits per heavy atom. The van der Waals surface area contributed by atoms with E-state index in [0.717, 1.165) is 11.3 Å². The summed E-state index contributed by atoms with van der Waals surface area (Å²) in [7, 11) is 1.72. The largest absolute Gasteiger partial charge is 0.444 e. The maximum atomic E-state index is 11.9. The summed E-state index contributed by atoms with van der Waals surface area (Å²) in [5, 5.41) is 0. The van der Waals surface area contributed by atoms with E-state index in [-0.39, 0.29) is 11.7 Å². The molecule has 0 saturated heterocycles. The van der Waals surface area contributed by atoms with Crippen LogP contribution in [-0.4, -0.2) is 21.2 Å². The van der Waals surface area contributed by atoms with Gasteiger partial charge in [0.1, 0.15) is 5.60 Å². The van der Waals surface area contributed by atoms with Gasteiger partial charge in [0.25, 0.3) is 5.56 Å². The molecule has 1 aromatic rings. The van der Waals surface area contributed by atoms with Crippen LogP contribution in [-0.2, 0) is 24.9 Å². The summed E-state index contributed by atoms with van der Waals surface area (Å²) >= 11 is 0. The third-order valence-corrected chi connectivity index (χ3v) is 2.89. The fourth-order valence-corrected chi connectivity index (χ4v) is 1.98. The van der Waals surface area contributed by atoms with Gasteiger partial charge in [0.15, 0.2) is 0 Å².